The third kappa shape index (κ3) is 6.56. The lowest BCUT2D eigenvalue weighted by atomic mass is 10.0. The highest BCUT2D eigenvalue weighted by atomic mass is 35.5. The fourth-order valence-corrected chi connectivity index (χ4v) is 4.84. The number of halogens is 4. The second-order valence-corrected chi connectivity index (χ2v) is 9.47. The smallest absolute Gasteiger partial charge is 0.310 e. The molecule has 186 valence electrons. The van der Waals surface area contributed by atoms with Crippen molar-refractivity contribution in [2.24, 2.45) is 0 Å². The van der Waals surface area contributed by atoms with Gasteiger partial charge in [0.15, 0.2) is 11.6 Å². The van der Waals surface area contributed by atoms with Crippen molar-refractivity contribution in [2.45, 2.75) is 38.8 Å². The number of hydrogen-bond acceptors (Lipinski definition) is 6. The summed E-state index contributed by atoms with van der Waals surface area (Å²) in [6.45, 7) is 7.93. The molecular formula is C24H26Cl4O6. The van der Waals surface area contributed by atoms with Crippen LogP contribution in [0, 0.1) is 0 Å². The molecule has 10 heteroatoms. The number of rotatable bonds is 5. The molecule has 4 rings (SSSR count). The minimum Gasteiger partial charge on any atom is -0.466 e. The molecule has 2 aromatic carbocycles. The predicted molar refractivity (Wildman–Crippen MR) is 132 cm³/mol. The van der Waals surface area contributed by atoms with Gasteiger partial charge in [-0.1, -0.05) is 52.5 Å². The first-order valence-corrected chi connectivity index (χ1v) is 12.2. The van der Waals surface area contributed by atoms with Gasteiger partial charge in [0.25, 0.3) is 0 Å². The van der Waals surface area contributed by atoms with E-state index in [-0.39, 0.29) is 12.4 Å². The van der Waals surface area contributed by atoms with Crippen LogP contribution in [0.4, 0.5) is 0 Å². The fraction of sp³-hybridized carbons (Fsp3) is 0.458. The molecule has 0 unspecified atom stereocenters. The van der Waals surface area contributed by atoms with E-state index in [1.807, 2.05) is 13.0 Å². The number of hydrogen-bond donors (Lipinski definition) is 0. The lowest BCUT2D eigenvalue weighted by Gasteiger charge is -2.24. The van der Waals surface area contributed by atoms with Gasteiger partial charge in [-0.2, -0.15) is 0 Å². The van der Waals surface area contributed by atoms with Crippen molar-refractivity contribution >= 4 is 52.4 Å². The van der Waals surface area contributed by atoms with Gasteiger partial charge < -0.3 is 23.7 Å². The molecule has 0 spiro atoms. The van der Waals surface area contributed by atoms with Crippen molar-refractivity contribution in [2.75, 3.05) is 33.0 Å². The van der Waals surface area contributed by atoms with Crippen LogP contribution in [0.25, 0.3) is 0 Å². The average molecular weight is 552 g/mol. The van der Waals surface area contributed by atoms with Crippen molar-refractivity contribution < 1.29 is 28.5 Å². The average Bonchev–Trinajstić information content (AvgIpc) is 3.40. The highest BCUT2D eigenvalue weighted by molar-refractivity contribution is 6.36. The second kappa shape index (κ2) is 11.8. The zero-order valence-electron chi connectivity index (χ0n) is 19.1. The van der Waals surface area contributed by atoms with Gasteiger partial charge in [-0.3, -0.25) is 4.79 Å². The Kier molecular flexibility index (Phi) is 9.51. The molecule has 0 atom stereocenters. The number of carbonyl (C=O) groups excluding carboxylic acids is 1. The molecule has 0 aromatic heterocycles. The van der Waals surface area contributed by atoms with Crippen molar-refractivity contribution in [3.63, 3.8) is 0 Å². The van der Waals surface area contributed by atoms with Crippen LogP contribution >= 0.6 is 46.4 Å². The number of benzene rings is 2. The van der Waals surface area contributed by atoms with E-state index in [4.69, 9.17) is 70.1 Å². The predicted octanol–water partition coefficient (Wildman–Crippen LogP) is 6.53. The second-order valence-electron chi connectivity index (χ2n) is 7.81. The Bertz CT molecular complexity index is 1020. The van der Waals surface area contributed by atoms with E-state index in [0.717, 1.165) is 5.56 Å². The maximum absolute atomic E-state index is 11.6. The van der Waals surface area contributed by atoms with Gasteiger partial charge in [0, 0.05) is 21.2 Å². The summed E-state index contributed by atoms with van der Waals surface area (Å²) in [5, 5.41) is 2.06. The molecular weight excluding hydrogens is 526 g/mol. The van der Waals surface area contributed by atoms with Gasteiger partial charge in [0.05, 0.1) is 49.5 Å². The molecule has 2 aliphatic rings. The standard InChI is InChI=1S/C14H16Cl2O4.C10H10Cl2O2/c1-3-18-13(17)7-9-6-10(12(16)8-11(9)15)14(2)19-4-5-20-14;1-10(13-4-5-14-10)8-3-2-7(11)6-9(8)12/h6,8H,3-5,7H2,1-2H3;2-3,6H,4-5H2,1H3. The molecule has 0 saturated carbocycles. The van der Waals surface area contributed by atoms with Gasteiger partial charge >= 0.3 is 5.97 Å². The summed E-state index contributed by atoms with van der Waals surface area (Å²) >= 11 is 24.2. The van der Waals surface area contributed by atoms with E-state index in [0.29, 0.717) is 64.3 Å². The van der Waals surface area contributed by atoms with E-state index >= 15 is 0 Å². The van der Waals surface area contributed by atoms with Crippen LogP contribution < -0.4 is 0 Å². The number of ether oxygens (including phenoxy) is 5. The largest absolute Gasteiger partial charge is 0.466 e. The van der Waals surface area contributed by atoms with Crippen molar-refractivity contribution in [1.29, 1.82) is 0 Å². The molecule has 34 heavy (non-hydrogen) atoms. The zero-order chi connectivity index (χ0) is 24.9. The molecule has 0 aliphatic carbocycles. The van der Waals surface area contributed by atoms with Crippen molar-refractivity contribution in [3.05, 3.63) is 67.1 Å². The quantitative estimate of drug-likeness (QED) is 0.393. The Morgan fingerprint density at radius 3 is 1.88 bits per heavy atom. The SMILES string of the molecule is CC1(c2ccc(Cl)cc2Cl)OCCO1.CCOC(=O)Cc1cc(C2(C)OCCO2)c(Cl)cc1Cl. The molecule has 2 fully saturated rings. The Morgan fingerprint density at radius 2 is 1.35 bits per heavy atom. The zero-order valence-corrected chi connectivity index (χ0v) is 22.1. The van der Waals surface area contributed by atoms with Crippen LogP contribution in [0.5, 0.6) is 0 Å². The van der Waals surface area contributed by atoms with Gasteiger partial charge in [-0.25, -0.2) is 0 Å². The Hall–Kier alpha value is -1.09. The van der Waals surface area contributed by atoms with Crippen LogP contribution in [0.15, 0.2) is 30.3 Å². The van der Waals surface area contributed by atoms with E-state index in [2.05, 4.69) is 0 Å². The minimum absolute atomic E-state index is 0.0902. The highest BCUT2D eigenvalue weighted by Crippen LogP contribution is 2.38. The molecule has 0 bridgehead atoms. The maximum atomic E-state index is 11.6. The van der Waals surface area contributed by atoms with E-state index in [9.17, 15) is 4.79 Å². The first kappa shape index (κ1) is 27.5. The van der Waals surface area contributed by atoms with Crippen LogP contribution in [-0.4, -0.2) is 39.0 Å². The highest BCUT2D eigenvalue weighted by Gasteiger charge is 2.36. The molecule has 0 N–H and O–H groups in total. The first-order valence-electron chi connectivity index (χ1n) is 10.7. The third-order valence-corrected chi connectivity index (χ3v) is 6.57. The lowest BCUT2D eigenvalue weighted by molar-refractivity contribution is -0.150. The molecule has 2 aromatic rings. The molecule has 2 heterocycles. The molecule has 0 amide bonds. The summed E-state index contributed by atoms with van der Waals surface area (Å²) in [6, 6.07) is 8.64. The lowest BCUT2D eigenvalue weighted by Crippen LogP contribution is -2.23. The van der Waals surface area contributed by atoms with Crippen LogP contribution in [0.1, 0.15) is 37.5 Å². The summed E-state index contributed by atoms with van der Waals surface area (Å²) in [7, 11) is 0. The summed E-state index contributed by atoms with van der Waals surface area (Å²) in [4.78, 5) is 11.6. The Balaban J connectivity index is 0.000000202. The summed E-state index contributed by atoms with van der Waals surface area (Å²) in [5.41, 5.74) is 2.13. The molecule has 2 aliphatic heterocycles. The molecule has 2 saturated heterocycles. The summed E-state index contributed by atoms with van der Waals surface area (Å²) in [5.74, 6) is -1.95. The normalized spacial score (nSPS) is 18.3. The minimum atomic E-state index is -0.898. The van der Waals surface area contributed by atoms with E-state index < -0.39 is 11.6 Å². The summed E-state index contributed by atoms with van der Waals surface area (Å²) in [6.07, 6.45) is 0.0902. The van der Waals surface area contributed by atoms with Crippen molar-refractivity contribution in [1.82, 2.24) is 0 Å². The van der Waals surface area contributed by atoms with Crippen LogP contribution in [-0.2, 0) is 46.5 Å². The van der Waals surface area contributed by atoms with Crippen molar-refractivity contribution in [3.8, 4) is 0 Å². The van der Waals surface area contributed by atoms with Gasteiger partial charge in [-0.15, -0.1) is 0 Å². The van der Waals surface area contributed by atoms with Crippen LogP contribution in [0.2, 0.25) is 20.1 Å². The Morgan fingerprint density at radius 1 is 0.824 bits per heavy atom. The van der Waals surface area contributed by atoms with Gasteiger partial charge in [0.2, 0.25) is 0 Å². The number of carbonyl (C=O) groups is 1. The Labute approximate surface area is 219 Å². The van der Waals surface area contributed by atoms with E-state index in [1.165, 1.54) is 0 Å². The van der Waals surface area contributed by atoms with Gasteiger partial charge in [0.1, 0.15) is 0 Å². The third-order valence-electron chi connectivity index (χ3n) is 5.36. The summed E-state index contributed by atoms with van der Waals surface area (Å²) < 4.78 is 27.1. The van der Waals surface area contributed by atoms with Gasteiger partial charge in [-0.05, 0) is 50.6 Å². The topological polar surface area (TPSA) is 63.2 Å². The molecule has 0 radical (unpaired) electrons. The fourth-order valence-electron chi connectivity index (χ4n) is 3.64. The molecule has 6 nitrogen and oxygen atoms in total. The monoisotopic (exact) mass is 550 g/mol. The maximum Gasteiger partial charge on any atom is 0.310 e. The van der Waals surface area contributed by atoms with E-state index in [1.54, 1.807) is 38.1 Å². The first-order chi connectivity index (χ1) is 16.1. The van der Waals surface area contributed by atoms with Crippen LogP contribution in [0.3, 0.4) is 0 Å². The number of esters is 1.